The molecule has 1 aromatic rings. The van der Waals surface area contributed by atoms with Crippen LogP contribution in [0.5, 0.6) is 0 Å². The molecule has 1 aliphatic rings. The van der Waals surface area contributed by atoms with Crippen LogP contribution in [0.4, 0.5) is 0 Å². The molecule has 0 radical (unpaired) electrons. The Balaban J connectivity index is 1.84. The van der Waals surface area contributed by atoms with Gasteiger partial charge in [-0.25, -0.2) is 0 Å². The third-order valence-corrected chi connectivity index (χ3v) is 2.99. The summed E-state index contributed by atoms with van der Waals surface area (Å²) >= 11 is 3.40. The van der Waals surface area contributed by atoms with Crippen LogP contribution < -0.4 is 10.6 Å². The molecule has 0 unspecified atom stereocenters. The SMILES string of the molecule is O=C(NCc1cccc(Br)c1)[C@H]1CCN1. The Morgan fingerprint density at radius 3 is 3.00 bits per heavy atom. The van der Waals surface area contributed by atoms with Gasteiger partial charge in [0.25, 0.3) is 0 Å². The molecule has 0 saturated carbocycles. The van der Waals surface area contributed by atoms with Crippen molar-refractivity contribution in [3.63, 3.8) is 0 Å². The highest BCUT2D eigenvalue weighted by molar-refractivity contribution is 9.10. The normalized spacial score (nSPS) is 19.4. The predicted octanol–water partition coefficient (Wildman–Crippen LogP) is 1.43. The van der Waals surface area contributed by atoms with Crippen LogP contribution in [0.3, 0.4) is 0 Å². The number of benzene rings is 1. The van der Waals surface area contributed by atoms with E-state index in [1.165, 1.54) is 0 Å². The summed E-state index contributed by atoms with van der Waals surface area (Å²) in [6.45, 7) is 1.55. The van der Waals surface area contributed by atoms with Crippen molar-refractivity contribution >= 4 is 21.8 Å². The maximum absolute atomic E-state index is 11.5. The molecule has 4 heteroatoms. The van der Waals surface area contributed by atoms with E-state index >= 15 is 0 Å². The molecular weight excluding hydrogens is 256 g/mol. The van der Waals surface area contributed by atoms with E-state index in [9.17, 15) is 4.79 Å². The molecular formula is C11H13BrN2O. The number of carbonyl (C=O) groups is 1. The first kappa shape index (κ1) is 10.6. The molecule has 0 aliphatic carbocycles. The van der Waals surface area contributed by atoms with Crippen LogP contribution in [0.25, 0.3) is 0 Å². The molecule has 1 fully saturated rings. The summed E-state index contributed by atoms with van der Waals surface area (Å²) < 4.78 is 1.04. The van der Waals surface area contributed by atoms with Crippen molar-refractivity contribution in [2.24, 2.45) is 0 Å². The number of amides is 1. The number of hydrogen-bond acceptors (Lipinski definition) is 2. The van der Waals surface area contributed by atoms with Gasteiger partial charge >= 0.3 is 0 Å². The van der Waals surface area contributed by atoms with Crippen molar-refractivity contribution in [2.75, 3.05) is 6.54 Å². The first-order valence-corrected chi connectivity index (χ1v) is 5.80. The van der Waals surface area contributed by atoms with Crippen molar-refractivity contribution in [2.45, 2.75) is 19.0 Å². The van der Waals surface area contributed by atoms with E-state index < -0.39 is 0 Å². The van der Waals surface area contributed by atoms with Crippen LogP contribution in [-0.4, -0.2) is 18.5 Å². The Bertz CT molecular complexity index is 363. The van der Waals surface area contributed by atoms with Gasteiger partial charge in [-0.05, 0) is 30.7 Å². The first-order valence-electron chi connectivity index (χ1n) is 5.01. The topological polar surface area (TPSA) is 41.1 Å². The van der Waals surface area contributed by atoms with Crippen molar-refractivity contribution in [1.29, 1.82) is 0 Å². The molecule has 0 aromatic heterocycles. The minimum atomic E-state index is 0.0251. The molecule has 2 rings (SSSR count). The molecule has 0 spiro atoms. The second-order valence-electron chi connectivity index (χ2n) is 3.64. The predicted molar refractivity (Wildman–Crippen MR) is 62.4 cm³/mol. The summed E-state index contributed by atoms with van der Waals surface area (Å²) in [7, 11) is 0. The summed E-state index contributed by atoms with van der Waals surface area (Å²) in [4.78, 5) is 11.5. The zero-order chi connectivity index (χ0) is 10.7. The van der Waals surface area contributed by atoms with E-state index in [-0.39, 0.29) is 11.9 Å². The average molecular weight is 269 g/mol. The fourth-order valence-corrected chi connectivity index (χ4v) is 1.92. The molecule has 15 heavy (non-hydrogen) atoms. The lowest BCUT2D eigenvalue weighted by molar-refractivity contribution is -0.124. The van der Waals surface area contributed by atoms with E-state index in [1.807, 2.05) is 24.3 Å². The van der Waals surface area contributed by atoms with Gasteiger partial charge in [0.1, 0.15) is 0 Å². The Labute approximate surface area is 97.4 Å². The van der Waals surface area contributed by atoms with Gasteiger partial charge in [-0.2, -0.15) is 0 Å². The van der Waals surface area contributed by atoms with Crippen LogP contribution in [0.15, 0.2) is 28.7 Å². The number of halogens is 1. The highest BCUT2D eigenvalue weighted by Gasteiger charge is 2.23. The van der Waals surface area contributed by atoms with Crippen molar-refractivity contribution in [3.05, 3.63) is 34.3 Å². The molecule has 80 valence electrons. The minimum Gasteiger partial charge on any atom is -0.351 e. The summed E-state index contributed by atoms with van der Waals surface area (Å²) in [5.41, 5.74) is 1.11. The number of carbonyl (C=O) groups excluding carboxylic acids is 1. The van der Waals surface area contributed by atoms with Gasteiger partial charge in [-0.15, -0.1) is 0 Å². The van der Waals surface area contributed by atoms with Crippen molar-refractivity contribution in [3.8, 4) is 0 Å². The fraction of sp³-hybridized carbons (Fsp3) is 0.364. The number of hydrogen-bond donors (Lipinski definition) is 2. The van der Waals surface area contributed by atoms with Gasteiger partial charge in [-0.3, -0.25) is 4.79 Å². The Morgan fingerprint density at radius 1 is 1.60 bits per heavy atom. The Kier molecular flexibility index (Phi) is 3.38. The molecule has 1 aromatic carbocycles. The van der Waals surface area contributed by atoms with Crippen LogP contribution in [-0.2, 0) is 11.3 Å². The van der Waals surface area contributed by atoms with Gasteiger partial charge in [-0.1, -0.05) is 28.1 Å². The first-order chi connectivity index (χ1) is 7.25. The number of nitrogens with one attached hydrogen (secondary N) is 2. The minimum absolute atomic E-state index is 0.0251. The second-order valence-corrected chi connectivity index (χ2v) is 4.56. The quantitative estimate of drug-likeness (QED) is 0.871. The van der Waals surface area contributed by atoms with Gasteiger partial charge in [0.05, 0.1) is 6.04 Å². The van der Waals surface area contributed by atoms with E-state index in [1.54, 1.807) is 0 Å². The van der Waals surface area contributed by atoms with Crippen LogP contribution >= 0.6 is 15.9 Å². The standard InChI is InChI=1S/C11H13BrN2O/c12-9-3-1-2-8(6-9)7-14-11(15)10-4-5-13-10/h1-3,6,10,13H,4-5,7H2,(H,14,15)/t10-/m1/s1. The largest absolute Gasteiger partial charge is 0.351 e. The molecule has 1 saturated heterocycles. The maximum Gasteiger partial charge on any atom is 0.237 e. The molecule has 1 atom stereocenters. The number of rotatable bonds is 3. The molecule has 3 nitrogen and oxygen atoms in total. The fourth-order valence-electron chi connectivity index (χ4n) is 1.47. The summed E-state index contributed by atoms with van der Waals surface area (Å²) in [5.74, 6) is 0.0984. The van der Waals surface area contributed by atoms with E-state index in [0.717, 1.165) is 23.0 Å². The van der Waals surface area contributed by atoms with Crippen LogP contribution in [0, 0.1) is 0 Å². The van der Waals surface area contributed by atoms with Gasteiger partial charge in [0, 0.05) is 11.0 Å². The van der Waals surface area contributed by atoms with Crippen LogP contribution in [0.2, 0.25) is 0 Å². The van der Waals surface area contributed by atoms with E-state index in [2.05, 4.69) is 26.6 Å². The van der Waals surface area contributed by atoms with E-state index in [4.69, 9.17) is 0 Å². The molecule has 1 amide bonds. The molecule has 2 N–H and O–H groups in total. The van der Waals surface area contributed by atoms with Gasteiger partial charge in [0.2, 0.25) is 5.91 Å². The van der Waals surface area contributed by atoms with Gasteiger partial charge in [0.15, 0.2) is 0 Å². The average Bonchev–Trinajstić information content (AvgIpc) is 2.12. The summed E-state index contributed by atoms with van der Waals surface area (Å²) in [6.07, 6.45) is 0.949. The van der Waals surface area contributed by atoms with Gasteiger partial charge < -0.3 is 10.6 Å². The lowest BCUT2D eigenvalue weighted by Crippen LogP contribution is -2.52. The van der Waals surface area contributed by atoms with Crippen LogP contribution in [0.1, 0.15) is 12.0 Å². The van der Waals surface area contributed by atoms with Crippen molar-refractivity contribution in [1.82, 2.24) is 10.6 Å². The lowest BCUT2D eigenvalue weighted by Gasteiger charge is -2.26. The molecule has 1 aliphatic heterocycles. The smallest absolute Gasteiger partial charge is 0.237 e. The molecule has 1 heterocycles. The Hall–Kier alpha value is -0.870. The second kappa shape index (κ2) is 4.77. The molecule has 0 bridgehead atoms. The third kappa shape index (κ3) is 2.79. The lowest BCUT2D eigenvalue weighted by atomic mass is 10.1. The Morgan fingerprint density at radius 2 is 2.40 bits per heavy atom. The third-order valence-electron chi connectivity index (χ3n) is 2.50. The summed E-state index contributed by atoms with van der Waals surface area (Å²) in [5, 5.41) is 5.98. The monoisotopic (exact) mass is 268 g/mol. The zero-order valence-electron chi connectivity index (χ0n) is 8.29. The summed E-state index contributed by atoms with van der Waals surface area (Å²) in [6, 6.07) is 7.97. The maximum atomic E-state index is 11.5. The zero-order valence-corrected chi connectivity index (χ0v) is 9.88. The van der Waals surface area contributed by atoms with Crippen molar-refractivity contribution < 1.29 is 4.79 Å². The highest BCUT2D eigenvalue weighted by Crippen LogP contribution is 2.11. The van der Waals surface area contributed by atoms with E-state index in [0.29, 0.717) is 6.54 Å². The highest BCUT2D eigenvalue weighted by atomic mass is 79.9.